The van der Waals surface area contributed by atoms with Gasteiger partial charge in [-0.3, -0.25) is 9.59 Å². The van der Waals surface area contributed by atoms with Gasteiger partial charge in [0, 0.05) is 19.3 Å². The van der Waals surface area contributed by atoms with E-state index in [9.17, 15) is 19.5 Å². The monoisotopic (exact) mass is 833 g/mol. The van der Waals surface area contributed by atoms with Gasteiger partial charge in [0.15, 0.2) is 12.1 Å². The van der Waals surface area contributed by atoms with Gasteiger partial charge in [-0.15, -0.1) is 0 Å². The molecule has 0 aromatic carbocycles. The van der Waals surface area contributed by atoms with Crippen LogP contribution in [0, 0.1) is 0 Å². The molecule has 0 saturated heterocycles. The minimum atomic E-state index is -0.892. The molecule has 0 aromatic rings. The van der Waals surface area contributed by atoms with E-state index in [1.807, 2.05) is 57.6 Å². The highest BCUT2D eigenvalue weighted by atomic mass is 16.6. The average molecular weight is 833 g/mol. The third kappa shape index (κ3) is 39.2. The maximum Gasteiger partial charge on any atom is 0.362 e. The lowest BCUT2D eigenvalue weighted by molar-refractivity contribution is -0.887. The molecule has 0 aromatic heterocycles. The van der Waals surface area contributed by atoms with Gasteiger partial charge in [-0.25, -0.2) is 4.79 Å². The number of hydrogen-bond acceptors (Lipinski definition) is 6. The van der Waals surface area contributed by atoms with E-state index in [-0.39, 0.29) is 42.7 Å². The average Bonchev–Trinajstić information content (AvgIpc) is 3.21. The number of quaternary nitrogens is 1. The van der Waals surface area contributed by atoms with Crippen LogP contribution < -0.4 is 0 Å². The Kier molecular flexibility index (Phi) is 38.5. The van der Waals surface area contributed by atoms with Crippen molar-refractivity contribution in [1.29, 1.82) is 0 Å². The molecule has 0 saturated carbocycles. The molecule has 2 atom stereocenters. The van der Waals surface area contributed by atoms with Gasteiger partial charge >= 0.3 is 17.9 Å². The number of hydrogen-bond donors (Lipinski definition) is 1. The van der Waals surface area contributed by atoms with Gasteiger partial charge in [0.2, 0.25) is 0 Å². The van der Waals surface area contributed by atoms with Crippen molar-refractivity contribution >= 4 is 17.9 Å². The van der Waals surface area contributed by atoms with Gasteiger partial charge in [0.05, 0.1) is 34.4 Å². The summed E-state index contributed by atoms with van der Waals surface area (Å²) >= 11 is 0. The zero-order valence-electron chi connectivity index (χ0n) is 38.1. The minimum Gasteiger partial charge on any atom is -0.477 e. The van der Waals surface area contributed by atoms with E-state index < -0.39 is 18.1 Å². The number of unbranched alkanes of at least 4 members (excludes halogenated alkanes) is 7. The summed E-state index contributed by atoms with van der Waals surface area (Å²) in [6.07, 6.45) is 58.2. The van der Waals surface area contributed by atoms with E-state index in [0.717, 1.165) is 96.3 Å². The standard InChI is InChI=1S/C52H81NO7/c1-6-8-10-12-14-16-18-20-21-22-23-24-25-26-27-28-29-31-32-34-36-38-40-42-50(54)59-47-48(46-58-45-44-49(52(56)57)53(3,4)5)60-51(55)43-41-39-37-35-33-30-19-17-15-13-11-9-7-2/h8-11,13-17,19-21,23-24,26-27,29-31,33,48-49H,6-7,12,18,22,25,28,32,34-47H2,1-5H3/p+1/b10-8+,11-9+,15-13+,16-14+,19-17+,21-20+,24-23+,27-26+,31-29+,33-30+. The summed E-state index contributed by atoms with van der Waals surface area (Å²) in [5.41, 5.74) is 0. The molecular formula is C52H82NO7+. The van der Waals surface area contributed by atoms with Crippen LogP contribution in [-0.2, 0) is 28.6 Å². The zero-order chi connectivity index (χ0) is 44.2. The Hall–Kier alpha value is -4.27. The van der Waals surface area contributed by atoms with E-state index in [1.165, 1.54) is 0 Å². The third-order valence-electron chi connectivity index (χ3n) is 9.20. The number of esters is 2. The fourth-order valence-corrected chi connectivity index (χ4v) is 5.75. The molecule has 0 heterocycles. The Morgan fingerprint density at radius 1 is 0.517 bits per heavy atom. The first-order valence-corrected chi connectivity index (χ1v) is 22.6. The second-order valence-corrected chi connectivity index (χ2v) is 15.6. The first-order chi connectivity index (χ1) is 29.1. The van der Waals surface area contributed by atoms with Crippen LogP contribution >= 0.6 is 0 Å². The number of allylic oxidation sites excluding steroid dienone is 20. The van der Waals surface area contributed by atoms with E-state index in [2.05, 4.69) is 98.9 Å². The fraction of sp³-hybridized carbons (Fsp3) is 0.558. The maximum atomic E-state index is 12.7. The van der Waals surface area contributed by atoms with Crippen LogP contribution in [0.5, 0.6) is 0 Å². The van der Waals surface area contributed by atoms with Crippen LogP contribution in [0.1, 0.15) is 136 Å². The van der Waals surface area contributed by atoms with Crippen molar-refractivity contribution in [3.63, 3.8) is 0 Å². The van der Waals surface area contributed by atoms with Crippen molar-refractivity contribution in [1.82, 2.24) is 0 Å². The van der Waals surface area contributed by atoms with E-state index >= 15 is 0 Å². The number of ether oxygens (including phenoxy) is 3. The Morgan fingerprint density at radius 2 is 0.967 bits per heavy atom. The van der Waals surface area contributed by atoms with Crippen LogP contribution in [-0.4, -0.2) is 80.6 Å². The maximum absolute atomic E-state index is 12.7. The molecule has 60 heavy (non-hydrogen) atoms. The SMILES string of the molecule is CC/C=C/C=C/C=C/C=C/CCCCCC(=O)OC(COCCC(C(=O)O)[N+](C)(C)C)COC(=O)CCCCCC/C=C/C/C=C/C/C=C/C/C=C/C/C=C/C/C=C/CC. The second-order valence-electron chi connectivity index (χ2n) is 15.6. The topological polar surface area (TPSA) is 99.1 Å². The highest BCUT2D eigenvalue weighted by Gasteiger charge is 2.31. The van der Waals surface area contributed by atoms with Crippen molar-refractivity contribution < 1.29 is 38.2 Å². The van der Waals surface area contributed by atoms with Gasteiger partial charge in [0.1, 0.15) is 6.61 Å². The molecule has 0 aliphatic rings. The number of carbonyl (C=O) groups excluding carboxylic acids is 2. The predicted molar refractivity (Wildman–Crippen MR) is 252 cm³/mol. The molecule has 1 N–H and O–H groups in total. The number of rotatable bonds is 38. The Balaban J connectivity index is 4.42. The van der Waals surface area contributed by atoms with Gasteiger partial charge in [-0.2, -0.15) is 0 Å². The Labute approximate surface area is 365 Å². The number of carboxylic acids is 1. The number of nitrogens with zero attached hydrogens (tertiary/aromatic N) is 1. The molecule has 336 valence electrons. The van der Waals surface area contributed by atoms with Crippen molar-refractivity contribution in [3.05, 3.63) is 122 Å². The van der Waals surface area contributed by atoms with Crippen LogP contribution in [0.3, 0.4) is 0 Å². The van der Waals surface area contributed by atoms with Crippen LogP contribution in [0.4, 0.5) is 0 Å². The molecule has 8 nitrogen and oxygen atoms in total. The smallest absolute Gasteiger partial charge is 0.362 e. The molecule has 0 rings (SSSR count). The van der Waals surface area contributed by atoms with Gasteiger partial charge in [0.25, 0.3) is 0 Å². The van der Waals surface area contributed by atoms with Crippen molar-refractivity contribution in [3.8, 4) is 0 Å². The van der Waals surface area contributed by atoms with E-state index in [0.29, 0.717) is 19.3 Å². The Morgan fingerprint density at radius 3 is 1.50 bits per heavy atom. The molecule has 2 unspecified atom stereocenters. The predicted octanol–water partition coefficient (Wildman–Crippen LogP) is 12.6. The summed E-state index contributed by atoms with van der Waals surface area (Å²) in [5, 5.41) is 9.62. The van der Waals surface area contributed by atoms with Crippen LogP contribution in [0.25, 0.3) is 0 Å². The van der Waals surface area contributed by atoms with Crippen molar-refractivity contribution in [2.45, 2.75) is 148 Å². The summed E-state index contributed by atoms with van der Waals surface area (Å²) in [5.74, 6) is -1.57. The zero-order valence-corrected chi connectivity index (χ0v) is 38.1. The lowest BCUT2D eigenvalue weighted by Gasteiger charge is -2.31. The number of carbonyl (C=O) groups is 3. The molecule has 0 radical (unpaired) electrons. The number of likely N-dealkylation sites (N-methyl/N-ethyl adjacent to an activating group) is 1. The highest BCUT2D eigenvalue weighted by Crippen LogP contribution is 2.12. The number of carboxylic acid groups (broad SMARTS) is 1. The van der Waals surface area contributed by atoms with Crippen molar-refractivity contribution in [2.75, 3.05) is 41.0 Å². The summed E-state index contributed by atoms with van der Waals surface area (Å²) in [6.45, 7) is 4.38. The van der Waals surface area contributed by atoms with Gasteiger partial charge in [-0.05, 0) is 83.5 Å². The summed E-state index contributed by atoms with van der Waals surface area (Å²) < 4.78 is 17.2. The molecule has 0 spiro atoms. The quantitative estimate of drug-likeness (QED) is 0.0217. The molecular weight excluding hydrogens is 751 g/mol. The molecule has 0 aliphatic heterocycles. The molecule has 0 amide bonds. The third-order valence-corrected chi connectivity index (χ3v) is 9.20. The molecule has 0 fully saturated rings. The fourth-order valence-electron chi connectivity index (χ4n) is 5.75. The lowest BCUT2D eigenvalue weighted by atomic mass is 10.1. The summed E-state index contributed by atoms with van der Waals surface area (Å²) in [4.78, 5) is 37.0. The normalized spacial score (nSPS) is 14.1. The van der Waals surface area contributed by atoms with Crippen LogP contribution in [0.2, 0.25) is 0 Å². The minimum absolute atomic E-state index is 0.0273. The number of aliphatic carboxylic acids is 1. The summed E-state index contributed by atoms with van der Waals surface area (Å²) in [7, 11) is 5.48. The van der Waals surface area contributed by atoms with Gasteiger partial charge in [-0.1, -0.05) is 155 Å². The molecule has 0 bridgehead atoms. The Bertz CT molecular complexity index is 1390. The largest absolute Gasteiger partial charge is 0.477 e. The summed E-state index contributed by atoms with van der Waals surface area (Å²) in [6, 6.07) is -0.634. The molecule has 0 aliphatic carbocycles. The lowest BCUT2D eigenvalue weighted by Crippen LogP contribution is -2.50. The van der Waals surface area contributed by atoms with Crippen LogP contribution in [0.15, 0.2) is 122 Å². The second kappa shape index (κ2) is 41.5. The molecule has 8 heteroatoms. The highest BCUT2D eigenvalue weighted by molar-refractivity contribution is 5.72. The van der Waals surface area contributed by atoms with E-state index in [4.69, 9.17) is 14.2 Å². The van der Waals surface area contributed by atoms with E-state index in [1.54, 1.807) is 0 Å². The van der Waals surface area contributed by atoms with Crippen molar-refractivity contribution in [2.24, 2.45) is 0 Å². The first kappa shape index (κ1) is 55.7. The first-order valence-electron chi connectivity index (χ1n) is 22.6. The van der Waals surface area contributed by atoms with Gasteiger partial charge < -0.3 is 23.8 Å².